The second kappa shape index (κ2) is 9.03. The number of fused-ring (bicyclic) bond motifs is 1. The molecule has 1 aliphatic heterocycles. The molecule has 0 radical (unpaired) electrons. The number of hydrogen-bond donors (Lipinski definition) is 2. The molecule has 2 N–H and O–H groups in total. The fourth-order valence-electron chi connectivity index (χ4n) is 2.39. The minimum absolute atomic E-state index is 0. The van der Waals surface area contributed by atoms with Crippen molar-refractivity contribution in [3.05, 3.63) is 54.1 Å². The molecule has 0 unspecified atom stereocenters. The Morgan fingerprint density at radius 2 is 1.75 bits per heavy atom. The zero-order valence-electron chi connectivity index (χ0n) is 13.3. The molecule has 24 heavy (non-hydrogen) atoms. The maximum atomic E-state index is 11.8. The smallest absolute Gasteiger partial charge is 0.239 e. The van der Waals surface area contributed by atoms with Gasteiger partial charge in [-0.05, 0) is 36.2 Å². The van der Waals surface area contributed by atoms with Crippen LogP contribution in [0.5, 0.6) is 11.5 Å². The van der Waals surface area contributed by atoms with Gasteiger partial charge in [-0.3, -0.25) is 4.79 Å². The molecule has 0 bridgehead atoms. The van der Waals surface area contributed by atoms with Crippen LogP contribution in [-0.4, -0.2) is 32.2 Å². The monoisotopic (exact) mass is 348 g/mol. The summed E-state index contributed by atoms with van der Waals surface area (Å²) in [5.41, 5.74) is 2.06. The first-order chi connectivity index (χ1) is 11.3. The van der Waals surface area contributed by atoms with Crippen LogP contribution in [0.25, 0.3) is 0 Å². The average Bonchev–Trinajstić information content (AvgIpc) is 2.61. The first-order valence-electron chi connectivity index (χ1n) is 7.75. The fourth-order valence-corrected chi connectivity index (χ4v) is 2.39. The summed E-state index contributed by atoms with van der Waals surface area (Å²) in [4.78, 5) is 11.8. The second-order valence-electron chi connectivity index (χ2n) is 5.30. The molecule has 0 spiro atoms. The minimum Gasteiger partial charge on any atom is -0.486 e. The third kappa shape index (κ3) is 5.06. The molecule has 0 aliphatic carbocycles. The van der Waals surface area contributed by atoms with Crippen LogP contribution < -0.4 is 20.1 Å². The van der Waals surface area contributed by atoms with Crippen LogP contribution in [-0.2, 0) is 11.2 Å². The summed E-state index contributed by atoms with van der Waals surface area (Å²) in [5.74, 6) is 1.55. The molecule has 128 valence electrons. The van der Waals surface area contributed by atoms with E-state index in [-0.39, 0.29) is 24.9 Å². The van der Waals surface area contributed by atoms with Gasteiger partial charge < -0.3 is 20.1 Å². The lowest BCUT2D eigenvalue weighted by molar-refractivity contribution is -0.119. The second-order valence-corrected chi connectivity index (χ2v) is 5.30. The Morgan fingerprint density at radius 3 is 2.54 bits per heavy atom. The van der Waals surface area contributed by atoms with E-state index in [2.05, 4.69) is 10.6 Å². The van der Waals surface area contributed by atoms with E-state index < -0.39 is 0 Å². The van der Waals surface area contributed by atoms with Gasteiger partial charge >= 0.3 is 0 Å². The largest absolute Gasteiger partial charge is 0.486 e. The Bertz CT molecular complexity index is 665. The van der Waals surface area contributed by atoms with Gasteiger partial charge in [0.15, 0.2) is 11.5 Å². The van der Waals surface area contributed by atoms with E-state index >= 15 is 0 Å². The number of nitrogens with one attached hydrogen (secondary N) is 2. The van der Waals surface area contributed by atoms with Gasteiger partial charge in [-0.15, -0.1) is 12.4 Å². The minimum atomic E-state index is -0.0219. The highest BCUT2D eigenvalue weighted by molar-refractivity contribution is 5.85. The van der Waals surface area contributed by atoms with E-state index in [4.69, 9.17) is 9.47 Å². The number of hydrogen-bond acceptors (Lipinski definition) is 4. The van der Waals surface area contributed by atoms with Crippen molar-refractivity contribution in [2.75, 3.05) is 31.6 Å². The van der Waals surface area contributed by atoms with Crippen LogP contribution in [0.3, 0.4) is 0 Å². The average molecular weight is 349 g/mol. The summed E-state index contributed by atoms with van der Waals surface area (Å²) in [5, 5.41) is 5.99. The third-order valence-electron chi connectivity index (χ3n) is 3.57. The topological polar surface area (TPSA) is 59.6 Å². The first-order valence-corrected chi connectivity index (χ1v) is 7.75. The molecular weight excluding hydrogens is 328 g/mol. The summed E-state index contributed by atoms with van der Waals surface area (Å²) in [6.07, 6.45) is 0.758. The van der Waals surface area contributed by atoms with Gasteiger partial charge in [-0.25, -0.2) is 0 Å². The van der Waals surface area contributed by atoms with Crippen molar-refractivity contribution in [3.63, 3.8) is 0 Å². The van der Waals surface area contributed by atoms with Crippen molar-refractivity contribution in [2.24, 2.45) is 0 Å². The molecular formula is C18H21ClN2O3. The van der Waals surface area contributed by atoms with Gasteiger partial charge in [0.1, 0.15) is 13.2 Å². The van der Waals surface area contributed by atoms with Crippen LogP contribution in [0.15, 0.2) is 48.5 Å². The summed E-state index contributed by atoms with van der Waals surface area (Å²) >= 11 is 0. The summed E-state index contributed by atoms with van der Waals surface area (Å²) < 4.78 is 11.0. The lowest BCUT2D eigenvalue weighted by atomic mass is 10.1. The predicted octanol–water partition coefficient (Wildman–Crippen LogP) is 2.65. The molecule has 3 rings (SSSR count). The van der Waals surface area contributed by atoms with Gasteiger partial charge in [-0.1, -0.05) is 24.3 Å². The molecule has 6 heteroatoms. The molecule has 1 aliphatic rings. The molecule has 0 saturated carbocycles. The van der Waals surface area contributed by atoms with E-state index in [1.807, 2.05) is 48.5 Å². The molecule has 0 atom stereocenters. The van der Waals surface area contributed by atoms with E-state index in [1.54, 1.807) is 0 Å². The number of carbonyl (C=O) groups excluding carboxylic acids is 1. The van der Waals surface area contributed by atoms with Crippen LogP contribution in [0, 0.1) is 0 Å². The molecule has 1 amide bonds. The molecule has 5 nitrogen and oxygen atoms in total. The quantitative estimate of drug-likeness (QED) is 0.842. The van der Waals surface area contributed by atoms with Crippen LogP contribution >= 0.6 is 12.4 Å². The normalized spacial score (nSPS) is 12.0. The van der Waals surface area contributed by atoms with Crippen molar-refractivity contribution < 1.29 is 14.3 Å². The number of para-hydroxylation sites is 1. The van der Waals surface area contributed by atoms with Gasteiger partial charge in [0.25, 0.3) is 0 Å². The Hall–Kier alpha value is -2.40. The van der Waals surface area contributed by atoms with Crippen molar-refractivity contribution in [1.29, 1.82) is 0 Å². The Morgan fingerprint density at radius 1 is 1.00 bits per heavy atom. The van der Waals surface area contributed by atoms with Crippen molar-refractivity contribution in [1.82, 2.24) is 5.32 Å². The predicted molar refractivity (Wildman–Crippen MR) is 96.3 cm³/mol. The highest BCUT2D eigenvalue weighted by Crippen LogP contribution is 2.30. The number of ether oxygens (including phenoxy) is 2. The van der Waals surface area contributed by atoms with Gasteiger partial charge in [-0.2, -0.15) is 0 Å². The molecule has 0 fully saturated rings. The van der Waals surface area contributed by atoms with E-state index in [0.717, 1.165) is 29.2 Å². The van der Waals surface area contributed by atoms with Crippen LogP contribution in [0.1, 0.15) is 5.56 Å². The van der Waals surface area contributed by atoms with E-state index in [1.165, 1.54) is 0 Å². The highest BCUT2D eigenvalue weighted by atomic mass is 35.5. The standard InChI is InChI=1S/C18H20N2O3.ClH/c21-18(13-20-15-4-2-1-3-5-15)19-9-8-14-6-7-16-17(12-14)23-11-10-22-16;/h1-7,12,20H,8-11,13H2,(H,19,21);1H. The van der Waals surface area contributed by atoms with Crippen molar-refractivity contribution >= 4 is 24.0 Å². The fraction of sp³-hybridized carbons (Fsp3) is 0.278. The van der Waals surface area contributed by atoms with Gasteiger partial charge in [0, 0.05) is 12.2 Å². The highest BCUT2D eigenvalue weighted by Gasteiger charge is 2.11. The van der Waals surface area contributed by atoms with Crippen molar-refractivity contribution in [2.45, 2.75) is 6.42 Å². The van der Waals surface area contributed by atoms with Crippen LogP contribution in [0.4, 0.5) is 5.69 Å². The number of rotatable bonds is 6. The lowest BCUT2D eigenvalue weighted by Crippen LogP contribution is -2.31. The number of amides is 1. The Kier molecular flexibility index (Phi) is 6.75. The lowest BCUT2D eigenvalue weighted by Gasteiger charge is -2.18. The molecule has 1 heterocycles. The zero-order valence-corrected chi connectivity index (χ0v) is 14.1. The number of halogens is 1. The zero-order chi connectivity index (χ0) is 15.9. The molecule has 0 aromatic heterocycles. The van der Waals surface area contributed by atoms with Gasteiger partial charge in [0.2, 0.25) is 5.91 Å². The van der Waals surface area contributed by atoms with E-state index in [9.17, 15) is 4.79 Å². The number of carbonyl (C=O) groups is 1. The molecule has 2 aromatic rings. The maximum absolute atomic E-state index is 11.8. The summed E-state index contributed by atoms with van der Waals surface area (Å²) in [6.45, 7) is 2.04. The Labute approximate surface area is 147 Å². The first kappa shape index (κ1) is 17.9. The molecule has 0 saturated heterocycles. The Balaban J connectivity index is 0.00000208. The summed E-state index contributed by atoms with van der Waals surface area (Å²) in [7, 11) is 0. The van der Waals surface area contributed by atoms with Crippen molar-refractivity contribution in [3.8, 4) is 11.5 Å². The molecule has 2 aromatic carbocycles. The maximum Gasteiger partial charge on any atom is 0.239 e. The SMILES string of the molecule is Cl.O=C(CNc1ccccc1)NCCc1ccc2c(c1)OCCO2. The third-order valence-corrected chi connectivity index (χ3v) is 3.57. The summed E-state index contributed by atoms with van der Waals surface area (Å²) in [6, 6.07) is 15.6. The number of benzene rings is 2. The van der Waals surface area contributed by atoms with Gasteiger partial charge in [0.05, 0.1) is 6.54 Å². The van der Waals surface area contributed by atoms with Crippen LogP contribution in [0.2, 0.25) is 0 Å². The number of anilines is 1. The van der Waals surface area contributed by atoms with E-state index in [0.29, 0.717) is 19.8 Å².